The second-order valence-corrected chi connectivity index (χ2v) is 9.78. The fourth-order valence-corrected chi connectivity index (χ4v) is 5.18. The van der Waals surface area contributed by atoms with Crippen LogP contribution in [0.2, 0.25) is 5.02 Å². The van der Waals surface area contributed by atoms with Crippen molar-refractivity contribution in [1.82, 2.24) is 14.4 Å². The van der Waals surface area contributed by atoms with Crippen LogP contribution >= 0.6 is 27.5 Å². The van der Waals surface area contributed by atoms with Crippen molar-refractivity contribution in [2.24, 2.45) is 0 Å². The maximum absolute atomic E-state index is 13.1. The summed E-state index contributed by atoms with van der Waals surface area (Å²) in [6.07, 6.45) is 2.00. The van der Waals surface area contributed by atoms with E-state index in [2.05, 4.69) is 75.4 Å². The Morgan fingerprint density at radius 2 is 1.58 bits per heavy atom. The molecule has 6 heteroatoms. The molecule has 0 bridgehead atoms. The predicted octanol–water partition coefficient (Wildman–Crippen LogP) is 5.99. The highest BCUT2D eigenvalue weighted by Gasteiger charge is 2.28. The summed E-state index contributed by atoms with van der Waals surface area (Å²) >= 11 is 9.66. The molecule has 0 N–H and O–H groups in total. The van der Waals surface area contributed by atoms with Gasteiger partial charge in [0.1, 0.15) is 6.54 Å². The van der Waals surface area contributed by atoms with E-state index in [1.54, 1.807) is 0 Å². The first kappa shape index (κ1) is 22.2. The number of aromatic nitrogens is 1. The van der Waals surface area contributed by atoms with Gasteiger partial charge in [-0.2, -0.15) is 0 Å². The third kappa shape index (κ3) is 4.86. The van der Waals surface area contributed by atoms with Crippen LogP contribution < -0.4 is 0 Å². The highest BCUT2D eigenvalue weighted by molar-refractivity contribution is 9.10. The van der Waals surface area contributed by atoms with Crippen LogP contribution in [-0.2, 0) is 11.3 Å². The summed E-state index contributed by atoms with van der Waals surface area (Å²) in [7, 11) is 0. The lowest BCUT2D eigenvalue weighted by molar-refractivity contribution is -0.133. The molecule has 1 amide bonds. The van der Waals surface area contributed by atoms with Crippen molar-refractivity contribution in [1.29, 1.82) is 0 Å². The second-order valence-electron chi connectivity index (χ2n) is 8.43. The Balaban J connectivity index is 1.29. The number of nitrogens with zero attached hydrogens (tertiary/aromatic N) is 3. The highest BCUT2D eigenvalue weighted by atomic mass is 79.9. The molecule has 33 heavy (non-hydrogen) atoms. The largest absolute Gasteiger partial charge is 0.339 e. The van der Waals surface area contributed by atoms with E-state index in [4.69, 9.17) is 11.6 Å². The Bertz CT molecular complexity index is 1250. The summed E-state index contributed by atoms with van der Waals surface area (Å²) in [5, 5.41) is 1.88. The van der Waals surface area contributed by atoms with E-state index in [-0.39, 0.29) is 11.9 Å². The van der Waals surface area contributed by atoms with E-state index < -0.39 is 0 Å². The van der Waals surface area contributed by atoms with Gasteiger partial charge in [-0.05, 0) is 47.5 Å². The van der Waals surface area contributed by atoms with E-state index in [1.807, 2.05) is 39.9 Å². The van der Waals surface area contributed by atoms with Crippen LogP contribution in [0.3, 0.4) is 0 Å². The number of hydrogen-bond acceptors (Lipinski definition) is 2. The lowest BCUT2D eigenvalue weighted by Gasteiger charge is -2.40. The molecule has 0 unspecified atom stereocenters. The Hall–Kier alpha value is -2.60. The zero-order valence-electron chi connectivity index (χ0n) is 18.2. The number of benzene rings is 3. The molecule has 0 aliphatic carbocycles. The molecule has 5 rings (SSSR count). The number of halogens is 2. The molecule has 2 heterocycles. The minimum absolute atomic E-state index is 0.146. The van der Waals surface area contributed by atoms with Gasteiger partial charge in [-0.25, -0.2) is 0 Å². The molecule has 4 nitrogen and oxygen atoms in total. The molecule has 1 saturated heterocycles. The average molecular weight is 523 g/mol. The van der Waals surface area contributed by atoms with Crippen molar-refractivity contribution in [2.45, 2.75) is 12.6 Å². The van der Waals surface area contributed by atoms with Gasteiger partial charge in [0.25, 0.3) is 0 Å². The van der Waals surface area contributed by atoms with Crippen molar-refractivity contribution in [3.05, 3.63) is 106 Å². The number of rotatable bonds is 5. The molecule has 1 aliphatic rings. The normalized spacial score (nSPS) is 15.6. The standard InChI is InChI=1S/C27H25BrClN3O/c28-23-8-11-25-22(18-23)12-13-32(25)19-26(33)30-14-16-31(17-15-30)27(20-4-2-1-3-5-20)21-6-9-24(29)10-7-21/h1-13,18,27H,14-17,19H2/t27-/m0/s1. The predicted molar refractivity (Wildman–Crippen MR) is 138 cm³/mol. The van der Waals surface area contributed by atoms with Gasteiger partial charge >= 0.3 is 0 Å². The highest BCUT2D eigenvalue weighted by Crippen LogP contribution is 2.30. The number of carbonyl (C=O) groups is 1. The lowest BCUT2D eigenvalue weighted by Crippen LogP contribution is -2.50. The summed E-state index contributed by atoms with van der Waals surface area (Å²) in [5.74, 6) is 0.165. The quantitative estimate of drug-likeness (QED) is 0.322. The third-order valence-electron chi connectivity index (χ3n) is 6.37. The van der Waals surface area contributed by atoms with E-state index in [0.29, 0.717) is 6.54 Å². The smallest absolute Gasteiger partial charge is 0.242 e. The van der Waals surface area contributed by atoms with Gasteiger partial charge in [0.2, 0.25) is 5.91 Å². The summed E-state index contributed by atoms with van der Waals surface area (Å²) < 4.78 is 3.08. The van der Waals surface area contributed by atoms with E-state index in [9.17, 15) is 4.79 Å². The maximum Gasteiger partial charge on any atom is 0.242 e. The van der Waals surface area contributed by atoms with Crippen molar-refractivity contribution in [3.8, 4) is 0 Å². The van der Waals surface area contributed by atoms with E-state index in [1.165, 1.54) is 11.1 Å². The topological polar surface area (TPSA) is 28.5 Å². The molecule has 3 aromatic carbocycles. The van der Waals surface area contributed by atoms with Gasteiger partial charge < -0.3 is 9.47 Å². The van der Waals surface area contributed by atoms with Gasteiger partial charge in [-0.15, -0.1) is 0 Å². The Labute approximate surface area is 207 Å². The van der Waals surface area contributed by atoms with E-state index in [0.717, 1.165) is 46.6 Å². The summed E-state index contributed by atoms with van der Waals surface area (Å²) in [5.41, 5.74) is 3.55. The summed E-state index contributed by atoms with van der Waals surface area (Å²) in [6, 6.07) is 27.0. The first-order chi connectivity index (χ1) is 16.1. The fraction of sp³-hybridized carbons (Fsp3) is 0.222. The summed E-state index contributed by atoms with van der Waals surface area (Å²) in [6.45, 7) is 3.46. The van der Waals surface area contributed by atoms with Crippen molar-refractivity contribution in [2.75, 3.05) is 26.2 Å². The van der Waals surface area contributed by atoms with Gasteiger partial charge in [0, 0.05) is 52.8 Å². The monoisotopic (exact) mass is 521 g/mol. The molecule has 1 aromatic heterocycles. The van der Waals surface area contributed by atoms with Gasteiger partial charge in [-0.1, -0.05) is 70.0 Å². The average Bonchev–Trinajstić information content (AvgIpc) is 3.23. The van der Waals surface area contributed by atoms with Crippen LogP contribution in [0.15, 0.2) is 89.5 Å². The van der Waals surface area contributed by atoms with Gasteiger partial charge in [0.15, 0.2) is 0 Å². The SMILES string of the molecule is O=C(Cn1ccc2cc(Br)ccc21)N1CCN([C@@H](c2ccccc2)c2ccc(Cl)cc2)CC1. The van der Waals surface area contributed by atoms with Crippen LogP contribution in [0.5, 0.6) is 0 Å². The van der Waals surface area contributed by atoms with Crippen LogP contribution in [0.25, 0.3) is 10.9 Å². The summed E-state index contributed by atoms with van der Waals surface area (Å²) in [4.78, 5) is 17.5. The minimum Gasteiger partial charge on any atom is -0.339 e. The third-order valence-corrected chi connectivity index (χ3v) is 7.12. The molecular weight excluding hydrogens is 498 g/mol. The molecule has 0 saturated carbocycles. The number of piperazine rings is 1. The number of amides is 1. The second kappa shape index (κ2) is 9.72. The molecule has 1 atom stereocenters. The molecular formula is C27H25BrClN3O. The zero-order chi connectivity index (χ0) is 22.8. The number of hydrogen-bond donors (Lipinski definition) is 0. The van der Waals surface area contributed by atoms with E-state index >= 15 is 0 Å². The maximum atomic E-state index is 13.1. The Kier molecular flexibility index (Phi) is 6.54. The van der Waals surface area contributed by atoms with Crippen molar-refractivity contribution >= 4 is 44.3 Å². The fourth-order valence-electron chi connectivity index (χ4n) is 4.68. The lowest BCUT2D eigenvalue weighted by atomic mass is 9.96. The first-order valence-electron chi connectivity index (χ1n) is 11.1. The number of fused-ring (bicyclic) bond motifs is 1. The van der Waals surface area contributed by atoms with Crippen LogP contribution in [-0.4, -0.2) is 46.5 Å². The molecule has 168 valence electrons. The van der Waals surface area contributed by atoms with Gasteiger partial charge in [-0.3, -0.25) is 9.69 Å². The number of carbonyl (C=O) groups excluding carboxylic acids is 1. The molecule has 1 aliphatic heterocycles. The van der Waals surface area contributed by atoms with Gasteiger partial charge in [0.05, 0.1) is 6.04 Å². The zero-order valence-corrected chi connectivity index (χ0v) is 20.5. The molecule has 4 aromatic rings. The minimum atomic E-state index is 0.146. The van der Waals surface area contributed by atoms with Crippen LogP contribution in [0.1, 0.15) is 17.2 Å². The van der Waals surface area contributed by atoms with Crippen molar-refractivity contribution < 1.29 is 4.79 Å². The Morgan fingerprint density at radius 3 is 2.30 bits per heavy atom. The molecule has 0 radical (unpaired) electrons. The van der Waals surface area contributed by atoms with Crippen LogP contribution in [0.4, 0.5) is 0 Å². The first-order valence-corrected chi connectivity index (χ1v) is 12.3. The Morgan fingerprint density at radius 1 is 0.879 bits per heavy atom. The molecule has 1 fully saturated rings. The van der Waals surface area contributed by atoms with Crippen LogP contribution in [0, 0.1) is 0 Å². The molecule has 0 spiro atoms. The van der Waals surface area contributed by atoms with Crippen molar-refractivity contribution in [3.63, 3.8) is 0 Å².